The molecular formula is C20H17F2N5O3. The van der Waals surface area contributed by atoms with Gasteiger partial charge in [-0.2, -0.15) is 5.11 Å². The van der Waals surface area contributed by atoms with Gasteiger partial charge in [0.25, 0.3) is 11.8 Å². The van der Waals surface area contributed by atoms with Crippen LogP contribution in [0.15, 0.2) is 46.7 Å². The van der Waals surface area contributed by atoms with Crippen LogP contribution in [0.2, 0.25) is 0 Å². The van der Waals surface area contributed by atoms with Crippen molar-refractivity contribution in [3.8, 4) is 0 Å². The van der Waals surface area contributed by atoms with Gasteiger partial charge < -0.3 is 5.32 Å². The topological polar surface area (TPSA) is 94.4 Å². The van der Waals surface area contributed by atoms with E-state index < -0.39 is 41.4 Å². The lowest BCUT2D eigenvalue weighted by Crippen LogP contribution is -2.43. The number of nitrogens with zero attached hydrogens (tertiary/aromatic N) is 4. The van der Waals surface area contributed by atoms with Crippen LogP contribution in [-0.2, 0) is 14.4 Å². The second-order valence-electron chi connectivity index (χ2n) is 7.10. The van der Waals surface area contributed by atoms with Crippen molar-refractivity contribution in [2.24, 2.45) is 10.3 Å². The highest BCUT2D eigenvalue weighted by Crippen LogP contribution is 2.32. The maximum Gasteiger partial charge on any atom is 0.263 e. The van der Waals surface area contributed by atoms with E-state index in [1.54, 1.807) is 6.07 Å². The van der Waals surface area contributed by atoms with Gasteiger partial charge in [-0.15, -0.1) is 0 Å². The number of anilines is 2. The molecule has 1 N–H and O–H groups in total. The maximum atomic E-state index is 13.6. The van der Waals surface area contributed by atoms with Crippen molar-refractivity contribution in [2.45, 2.75) is 25.9 Å². The summed E-state index contributed by atoms with van der Waals surface area (Å²) in [6.07, 6.45) is 0. The third-order valence-electron chi connectivity index (χ3n) is 5.20. The molecule has 0 spiro atoms. The molecule has 0 bridgehead atoms. The van der Waals surface area contributed by atoms with Crippen molar-refractivity contribution in [2.75, 3.05) is 16.8 Å². The van der Waals surface area contributed by atoms with E-state index in [0.717, 1.165) is 39.2 Å². The Labute approximate surface area is 170 Å². The molecule has 10 heteroatoms. The van der Waals surface area contributed by atoms with Crippen molar-refractivity contribution in [1.82, 2.24) is 5.01 Å². The highest BCUT2D eigenvalue weighted by Gasteiger charge is 2.55. The molecule has 0 saturated carbocycles. The van der Waals surface area contributed by atoms with Gasteiger partial charge in [0.05, 0.1) is 5.69 Å². The van der Waals surface area contributed by atoms with Gasteiger partial charge >= 0.3 is 0 Å². The molecule has 0 aromatic heterocycles. The molecule has 3 amide bonds. The van der Waals surface area contributed by atoms with Crippen molar-refractivity contribution in [3.05, 3.63) is 59.2 Å². The minimum Gasteiger partial charge on any atom is -0.324 e. The Morgan fingerprint density at radius 3 is 2.60 bits per heavy atom. The summed E-state index contributed by atoms with van der Waals surface area (Å²) in [5.41, 5.74) is 2.44. The lowest BCUT2D eigenvalue weighted by Gasteiger charge is -2.20. The Bertz CT molecular complexity index is 1100. The summed E-state index contributed by atoms with van der Waals surface area (Å²) in [6, 6.07) is 5.95. The average molecular weight is 413 g/mol. The molecule has 2 unspecified atom stereocenters. The number of rotatable bonds is 4. The largest absolute Gasteiger partial charge is 0.324 e. The van der Waals surface area contributed by atoms with Crippen LogP contribution >= 0.6 is 0 Å². The Kier molecular flexibility index (Phi) is 4.76. The van der Waals surface area contributed by atoms with Crippen LogP contribution in [0.25, 0.3) is 0 Å². The quantitative estimate of drug-likeness (QED) is 0.780. The van der Waals surface area contributed by atoms with Gasteiger partial charge in [0.15, 0.2) is 23.7 Å². The van der Waals surface area contributed by atoms with Crippen molar-refractivity contribution in [1.29, 1.82) is 0 Å². The van der Waals surface area contributed by atoms with Gasteiger partial charge in [0.1, 0.15) is 6.54 Å². The van der Waals surface area contributed by atoms with E-state index in [1.807, 2.05) is 26.0 Å². The Hall–Kier alpha value is -3.69. The summed E-state index contributed by atoms with van der Waals surface area (Å²) in [5.74, 6) is -4.13. The molecule has 1 saturated heterocycles. The minimum absolute atomic E-state index is 0.103. The van der Waals surface area contributed by atoms with Crippen LogP contribution in [0, 0.1) is 25.5 Å². The number of hydrogen-bond acceptors (Lipinski definition) is 6. The molecule has 154 valence electrons. The lowest BCUT2D eigenvalue weighted by atomic mass is 10.1. The number of aryl methyl sites for hydroxylation is 1. The van der Waals surface area contributed by atoms with Crippen LogP contribution in [0.4, 0.5) is 20.2 Å². The molecule has 2 aliphatic heterocycles. The van der Waals surface area contributed by atoms with Gasteiger partial charge in [-0.3, -0.25) is 19.4 Å². The molecule has 8 nitrogen and oxygen atoms in total. The maximum absolute atomic E-state index is 13.6. The monoisotopic (exact) mass is 413 g/mol. The Morgan fingerprint density at radius 1 is 1.10 bits per heavy atom. The smallest absolute Gasteiger partial charge is 0.263 e. The SMILES string of the molecule is Cc1cccc(NC(=O)CN2N=NC3C(=O)N(c4ccc(F)c(F)c4)C(=O)C32)c1C. The number of carbonyl (C=O) groups is 3. The average Bonchev–Trinajstić information content (AvgIpc) is 3.21. The molecule has 4 rings (SSSR count). The molecule has 2 aromatic rings. The number of hydrogen-bond donors (Lipinski definition) is 1. The predicted octanol–water partition coefficient (Wildman–Crippen LogP) is 2.51. The number of imide groups is 1. The first kappa shape index (κ1) is 19.6. The van der Waals surface area contributed by atoms with Crippen LogP contribution in [0.3, 0.4) is 0 Å². The molecule has 2 heterocycles. The second kappa shape index (κ2) is 7.29. The highest BCUT2D eigenvalue weighted by atomic mass is 19.2. The summed E-state index contributed by atoms with van der Waals surface area (Å²) in [5, 5.41) is 11.5. The first-order chi connectivity index (χ1) is 14.3. The van der Waals surface area contributed by atoms with Gasteiger partial charge in [-0.05, 0) is 43.2 Å². The lowest BCUT2D eigenvalue weighted by molar-refractivity contribution is -0.123. The van der Waals surface area contributed by atoms with E-state index in [1.165, 1.54) is 0 Å². The predicted molar refractivity (Wildman–Crippen MR) is 103 cm³/mol. The van der Waals surface area contributed by atoms with Crippen molar-refractivity contribution >= 4 is 29.1 Å². The van der Waals surface area contributed by atoms with Gasteiger partial charge in [0.2, 0.25) is 5.91 Å². The molecule has 2 atom stereocenters. The van der Waals surface area contributed by atoms with Crippen LogP contribution < -0.4 is 10.2 Å². The van der Waals surface area contributed by atoms with Gasteiger partial charge in [-0.1, -0.05) is 17.4 Å². The first-order valence-electron chi connectivity index (χ1n) is 9.14. The zero-order valence-electron chi connectivity index (χ0n) is 16.1. The molecule has 0 radical (unpaired) electrons. The Morgan fingerprint density at radius 2 is 1.87 bits per heavy atom. The normalized spacial score (nSPS) is 20.1. The summed E-state index contributed by atoms with van der Waals surface area (Å²) < 4.78 is 26.8. The molecule has 1 fully saturated rings. The number of carbonyl (C=O) groups excluding carboxylic acids is 3. The molecule has 2 aromatic carbocycles. The number of benzene rings is 2. The molecule has 0 aliphatic carbocycles. The number of amides is 3. The summed E-state index contributed by atoms with van der Waals surface area (Å²) in [6.45, 7) is 3.48. The summed E-state index contributed by atoms with van der Waals surface area (Å²) >= 11 is 0. The number of nitrogens with one attached hydrogen (secondary N) is 1. The van der Waals surface area contributed by atoms with E-state index in [2.05, 4.69) is 15.7 Å². The summed E-state index contributed by atoms with van der Waals surface area (Å²) in [4.78, 5) is 38.7. The fraction of sp³-hybridized carbons (Fsp3) is 0.250. The standard InChI is InChI=1S/C20H17F2N5O3/c1-10-4-3-5-15(11(10)2)23-16(28)9-26-18-17(24-25-26)19(29)27(20(18)30)12-6-7-13(21)14(22)8-12/h3-8,17-18H,9H2,1-2H3,(H,23,28). The number of fused-ring (bicyclic) bond motifs is 1. The van der Waals surface area contributed by atoms with Crippen LogP contribution in [0.5, 0.6) is 0 Å². The van der Waals surface area contributed by atoms with E-state index in [0.29, 0.717) is 5.69 Å². The number of halogens is 2. The minimum atomic E-state index is -1.18. The van der Waals surface area contributed by atoms with Gasteiger partial charge in [-0.25, -0.2) is 13.7 Å². The van der Waals surface area contributed by atoms with Crippen molar-refractivity contribution < 1.29 is 23.2 Å². The molecular weight excluding hydrogens is 396 g/mol. The van der Waals surface area contributed by atoms with E-state index in [4.69, 9.17) is 0 Å². The van der Waals surface area contributed by atoms with Gasteiger partial charge in [0, 0.05) is 11.8 Å². The first-order valence-corrected chi connectivity index (χ1v) is 9.14. The fourth-order valence-electron chi connectivity index (χ4n) is 3.46. The Balaban J connectivity index is 1.51. The summed E-state index contributed by atoms with van der Waals surface area (Å²) in [7, 11) is 0. The van der Waals surface area contributed by atoms with Crippen LogP contribution in [0.1, 0.15) is 11.1 Å². The fourth-order valence-corrected chi connectivity index (χ4v) is 3.46. The van der Waals surface area contributed by atoms with Crippen LogP contribution in [-0.4, -0.2) is 41.4 Å². The zero-order valence-corrected chi connectivity index (χ0v) is 16.1. The zero-order chi connectivity index (χ0) is 21.6. The van der Waals surface area contributed by atoms with E-state index >= 15 is 0 Å². The van der Waals surface area contributed by atoms with E-state index in [-0.39, 0.29) is 12.2 Å². The third kappa shape index (κ3) is 3.19. The molecule has 30 heavy (non-hydrogen) atoms. The highest BCUT2D eigenvalue weighted by molar-refractivity contribution is 6.25. The second-order valence-corrected chi connectivity index (χ2v) is 7.10. The van der Waals surface area contributed by atoms with Crippen molar-refractivity contribution in [3.63, 3.8) is 0 Å². The molecule has 2 aliphatic rings. The van der Waals surface area contributed by atoms with E-state index in [9.17, 15) is 23.2 Å². The third-order valence-corrected chi connectivity index (χ3v) is 5.20.